The number of carboxylic acids is 2. The van der Waals surface area contributed by atoms with E-state index in [1.165, 1.54) is 0 Å². The van der Waals surface area contributed by atoms with Gasteiger partial charge in [-0.15, -0.1) is 0 Å². The lowest BCUT2D eigenvalue weighted by molar-refractivity contribution is -0.145. The van der Waals surface area contributed by atoms with Gasteiger partial charge in [-0.05, 0) is 12.3 Å². The first-order valence-electron chi connectivity index (χ1n) is 4.69. The Bertz CT molecular complexity index is 438. The number of carboxylic acid groups (broad SMARTS) is 2. The Morgan fingerprint density at radius 2 is 1.88 bits per heavy atom. The van der Waals surface area contributed by atoms with Crippen LogP contribution in [0.5, 0.6) is 0 Å². The average molecular weight is 249 g/mol. The van der Waals surface area contributed by atoms with Crippen molar-refractivity contribution in [3.8, 4) is 0 Å². The van der Waals surface area contributed by atoms with Crippen LogP contribution in [0.2, 0.25) is 0 Å². The molecule has 7 nitrogen and oxygen atoms in total. The van der Waals surface area contributed by atoms with Gasteiger partial charge in [0.2, 0.25) is 0 Å². The molecule has 0 radical (unpaired) electrons. The number of hydrogen-bond acceptors (Lipinski definition) is 5. The summed E-state index contributed by atoms with van der Waals surface area (Å²) in [4.78, 5) is 21.8. The number of carbonyl (C=O) groups is 2. The van der Waals surface area contributed by atoms with Crippen LogP contribution in [0.4, 0.5) is 0 Å². The Hall–Kier alpha value is -1.15. The molecule has 0 aromatic rings. The van der Waals surface area contributed by atoms with E-state index in [0.717, 1.165) is 0 Å². The molecule has 4 N–H and O–H groups in total. The van der Waals surface area contributed by atoms with Crippen LogP contribution in [0.3, 0.4) is 0 Å². The molecule has 2 aliphatic rings. The number of thiol groups is 1. The molecule has 2 aliphatic carbocycles. The molecule has 1 unspecified atom stereocenters. The van der Waals surface area contributed by atoms with Crippen LogP contribution in [0, 0.1) is 17.8 Å². The highest BCUT2D eigenvalue weighted by atomic mass is 32.2. The first kappa shape index (κ1) is 11.3. The van der Waals surface area contributed by atoms with Gasteiger partial charge in [0.15, 0.2) is 0 Å². The molecule has 0 bridgehead atoms. The summed E-state index contributed by atoms with van der Waals surface area (Å²) in [5, 5.41) is 16.9. The molecule has 2 rings (SSSR count). The maximum absolute atomic E-state index is 11.0. The van der Waals surface area contributed by atoms with Crippen molar-refractivity contribution in [3.05, 3.63) is 0 Å². The normalized spacial score (nSPS) is 45.4. The van der Waals surface area contributed by atoms with E-state index in [9.17, 15) is 18.0 Å². The molecule has 0 amide bonds. The number of hydrogen-bond donors (Lipinski definition) is 4. The second-order valence-electron chi connectivity index (χ2n) is 4.37. The average Bonchev–Trinajstić information content (AvgIpc) is 2.81. The summed E-state index contributed by atoms with van der Waals surface area (Å²) in [5.41, 5.74) is 3.90. The highest BCUT2D eigenvalue weighted by Gasteiger charge is 2.74. The molecule has 16 heavy (non-hydrogen) atoms. The first-order valence-corrected chi connectivity index (χ1v) is 5.94. The van der Waals surface area contributed by atoms with Gasteiger partial charge >= 0.3 is 11.9 Å². The monoisotopic (exact) mass is 249 g/mol. The summed E-state index contributed by atoms with van der Waals surface area (Å²) in [6, 6.07) is 0. The molecule has 5 atom stereocenters. The van der Waals surface area contributed by atoms with Gasteiger partial charge in [0.25, 0.3) is 0 Å². The zero-order chi connectivity index (χ0) is 12.2. The largest absolute Gasteiger partial charge is 0.481 e. The number of fused-ring (bicyclic) bond motifs is 1. The van der Waals surface area contributed by atoms with E-state index in [4.69, 9.17) is 15.9 Å². The molecule has 90 valence electrons. The Morgan fingerprint density at radius 1 is 1.31 bits per heavy atom. The summed E-state index contributed by atoms with van der Waals surface area (Å²) >= 11 is 0. The van der Waals surface area contributed by atoms with Gasteiger partial charge < -0.3 is 15.9 Å². The van der Waals surface area contributed by atoms with Crippen LogP contribution < -0.4 is 5.73 Å². The molecule has 0 spiro atoms. The van der Waals surface area contributed by atoms with Crippen LogP contribution in [0.1, 0.15) is 6.42 Å². The van der Waals surface area contributed by atoms with Crippen molar-refractivity contribution >= 4 is 22.6 Å². The highest BCUT2D eigenvalue weighted by molar-refractivity contribution is 7.73. The molecule has 0 aliphatic heterocycles. The van der Waals surface area contributed by atoms with E-state index < -0.39 is 51.2 Å². The van der Waals surface area contributed by atoms with Crippen molar-refractivity contribution in [2.75, 3.05) is 0 Å². The van der Waals surface area contributed by atoms with Gasteiger partial charge in [0.1, 0.15) is 16.2 Å². The summed E-state index contributed by atoms with van der Waals surface area (Å²) in [6.45, 7) is 0. The molecular formula is C8H11NO6S. The van der Waals surface area contributed by atoms with E-state index >= 15 is 0 Å². The zero-order valence-electron chi connectivity index (χ0n) is 8.07. The van der Waals surface area contributed by atoms with Gasteiger partial charge in [-0.2, -0.15) is 0 Å². The fraction of sp³-hybridized carbons (Fsp3) is 0.750. The number of nitrogens with two attached hydrogens (primary N) is 1. The second kappa shape index (κ2) is 3.17. The SMILES string of the molecule is N[C@@]1(C(=O)O)CC([SH](=O)=O)[C@H]2[C@@H](C(=O)O)[C@@H]21. The van der Waals surface area contributed by atoms with Gasteiger partial charge in [0.05, 0.1) is 11.2 Å². The van der Waals surface area contributed by atoms with Crippen molar-refractivity contribution in [1.29, 1.82) is 0 Å². The topological polar surface area (TPSA) is 135 Å². The van der Waals surface area contributed by atoms with Crippen molar-refractivity contribution in [2.45, 2.75) is 17.2 Å². The van der Waals surface area contributed by atoms with Crippen LogP contribution in [-0.4, -0.2) is 41.4 Å². The molecule has 0 aromatic heterocycles. The lowest BCUT2D eigenvalue weighted by Gasteiger charge is -2.22. The second-order valence-corrected chi connectivity index (χ2v) is 5.60. The molecule has 0 aromatic carbocycles. The zero-order valence-corrected chi connectivity index (χ0v) is 8.96. The third kappa shape index (κ3) is 1.26. The molecule has 0 saturated heterocycles. The van der Waals surface area contributed by atoms with Crippen LogP contribution >= 0.6 is 0 Å². The minimum Gasteiger partial charge on any atom is -0.481 e. The standard InChI is InChI=1S/C8H11NO6S/c9-8(7(12)13)1-2(16(14)15)3-4(5(3)8)6(10)11/h2-5,16H,1,9H2,(H,10,11)(H,12,13)/t2?,3-,4+,5+,8-/m0/s1. The predicted molar refractivity (Wildman–Crippen MR) is 51.4 cm³/mol. The van der Waals surface area contributed by atoms with Gasteiger partial charge in [-0.25, -0.2) is 8.42 Å². The fourth-order valence-corrected chi connectivity index (χ4v) is 3.96. The smallest absolute Gasteiger partial charge is 0.324 e. The maximum atomic E-state index is 11.0. The van der Waals surface area contributed by atoms with Crippen LogP contribution in [0.15, 0.2) is 0 Å². The third-order valence-electron chi connectivity index (χ3n) is 3.62. The molecule has 2 saturated carbocycles. The minimum atomic E-state index is -2.84. The Labute approximate surface area is 92.2 Å². The van der Waals surface area contributed by atoms with E-state index in [0.29, 0.717) is 0 Å². The highest BCUT2D eigenvalue weighted by Crippen LogP contribution is 2.62. The summed E-state index contributed by atoms with van der Waals surface area (Å²) in [5.74, 6) is -4.84. The van der Waals surface area contributed by atoms with E-state index in [1.807, 2.05) is 0 Å². The molecule has 8 heteroatoms. The quantitative estimate of drug-likeness (QED) is 0.429. The Morgan fingerprint density at radius 3 is 2.25 bits per heavy atom. The van der Waals surface area contributed by atoms with Crippen molar-refractivity contribution in [1.82, 2.24) is 0 Å². The van der Waals surface area contributed by atoms with Gasteiger partial charge in [-0.3, -0.25) is 9.59 Å². The molecule has 0 heterocycles. The Balaban J connectivity index is 2.36. The lowest BCUT2D eigenvalue weighted by atomic mass is 9.91. The number of aliphatic carboxylic acids is 2. The molecule has 2 fully saturated rings. The van der Waals surface area contributed by atoms with Crippen LogP contribution in [-0.2, 0) is 20.3 Å². The van der Waals surface area contributed by atoms with Gasteiger partial charge in [0, 0.05) is 5.92 Å². The van der Waals surface area contributed by atoms with Crippen molar-refractivity contribution in [2.24, 2.45) is 23.5 Å². The van der Waals surface area contributed by atoms with Gasteiger partial charge in [-0.1, -0.05) is 0 Å². The van der Waals surface area contributed by atoms with Crippen molar-refractivity contribution < 1.29 is 28.2 Å². The van der Waals surface area contributed by atoms with E-state index in [-0.39, 0.29) is 6.42 Å². The maximum Gasteiger partial charge on any atom is 0.324 e. The summed E-state index contributed by atoms with van der Waals surface area (Å²) in [7, 11) is -2.84. The Kier molecular flexibility index (Phi) is 2.25. The fourth-order valence-electron chi connectivity index (χ4n) is 2.86. The number of rotatable bonds is 3. The minimum absolute atomic E-state index is 0.194. The third-order valence-corrected chi connectivity index (χ3v) is 4.68. The summed E-state index contributed by atoms with van der Waals surface area (Å²) in [6.07, 6.45) is -0.194. The van der Waals surface area contributed by atoms with E-state index in [1.54, 1.807) is 0 Å². The molecular weight excluding hydrogens is 238 g/mol. The predicted octanol–water partition coefficient (Wildman–Crippen LogP) is -1.90. The first-order chi connectivity index (χ1) is 7.30. The summed E-state index contributed by atoms with van der Waals surface area (Å²) < 4.78 is 21.8. The van der Waals surface area contributed by atoms with E-state index in [2.05, 4.69) is 0 Å². The lowest BCUT2D eigenvalue weighted by Crippen LogP contribution is -2.50. The van der Waals surface area contributed by atoms with Crippen LogP contribution in [0.25, 0.3) is 0 Å². The van der Waals surface area contributed by atoms with Crippen molar-refractivity contribution in [3.63, 3.8) is 0 Å².